The van der Waals surface area contributed by atoms with Crippen LogP contribution in [0.15, 0.2) is 18.2 Å². The summed E-state index contributed by atoms with van der Waals surface area (Å²) in [7, 11) is 0. The lowest BCUT2D eigenvalue weighted by atomic mass is 9.86. The molecule has 3 aliphatic rings. The van der Waals surface area contributed by atoms with Gasteiger partial charge in [0.15, 0.2) is 0 Å². The van der Waals surface area contributed by atoms with Crippen LogP contribution in [0.1, 0.15) is 37.1 Å². The summed E-state index contributed by atoms with van der Waals surface area (Å²) in [6, 6.07) is 7.74. The summed E-state index contributed by atoms with van der Waals surface area (Å²) in [4.78, 5) is 10.8. The Hall–Kier alpha value is -1.43. The number of aromatic amines is 1. The Morgan fingerprint density at radius 3 is 2.96 bits per heavy atom. The summed E-state index contributed by atoms with van der Waals surface area (Å²) in [5.74, 6) is 1.07. The fourth-order valence-corrected chi connectivity index (χ4v) is 4.97. The van der Waals surface area contributed by atoms with Gasteiger partial charge in [0, 0.05) is 25.2 Å². The molecule has 5 nitrogen and oxygen atoms in total. The fourth-order valence-electron chi connectivity index (χ4n) is 4.97. The van der Waals surface area contributed by atoms with E-state index >= 15 is 0 Å². The average Bonchev–Trinajstić information content (AvgIpc) is 3.09. The lowest BCUT2D eigenvalue weighted by Gasteiger charge is -2.47. The zero-order chi connectivity index (χ0) is 16.1. The maximum Gasteiger partial charge on any atom is 0.121 e. The van der Waals surface area contributed by atoms with Crippen LogP contribution in [0, 0.1) is 6.92 Å². The number of ether oxygens (including phenoxy) is 1. The van der Waals surface area contributed by atoms with Gasteiger partial charge in [-0.3, -0.25) is 4.90 Å². The third kappa shape index (κ3) is 2.65. The van der Waals surface area contributed by atoms with Gasteiger partial charge in [-0.15, -0.1) is 0 Å². The van der Waals surface area contributed by atoms with Gasteiger partial charge in [0.2, 0.25) is 0 Å². The highest BCUT2D eigenvalue weighted by molar-refractivity contribution is 5.75. The molecule has 1 aromatic heterocycles. The van der Waals surface area contributed by atoms with Gasteiger partial charge < -0.3 is 15.0 Å². The Kier molecular flexibility index (Phi) is 3.44. The van der Waals surface area contributed by atoms with E-state index in [1.54, 1.807) is 0 Å². The first kappa shape index (κ1) is 14.9. The molecule has 1 aromatic carbocycles. The van der Waals surface area contributed by atoms with Gasteiger partial charge in [-0.25, -0.2) is 4.98 Å². The number of rotatable bonds is 2. The number of nitrogens with one attached hydrogen (secondary N) is 2. The molecule has 3 saturated heterocycles. The van der Waals surface area contributed by atoms with E-state index in [1.807, 2.05) is 0 Å². The summed E-state index contributed by atoms with van der Waals surface area (Å²) in [5, 5.41) is 3.73. The molecule has 1 spiro atoms. The molecule has 2 N–H and O–H groups in total. The first-order valence-corrected chi connectivity index (χ1v) is 9.25. The quantitative estimate of drug-likeness (QED) is 0.889. The summed E-state index contributed by atoms with van der Waals surface area (Å²) in [6.07, 6.45) is 4.97. The standard InChI is InChI=1S/C19H26N4O/c1-13-2-5-16-17(8-13)22-18(21-16)11-23-6-7-24-19(12-23)9-14-3-4-15(10-19)20-14/h2,5,8,14-15,20H,3-4,6-7,9-12H2,1H3,(H,21,22)/t14-,15+,19?. The smallest absolute Gasteiger partial charge is 0.121 e. The van der Waals surface area contributed by atoms with Crippen molar-refractivity contribution in [2.75, 3.05) is 19.7 Å². The summed E-state index contributed by atoms with van der Waals surface area (Å²) < 4.78 is 6.32. The molecule has 5 heteroatoms. The van der Waals surface area contributed by atoms with Crippen molar-refractivity contribution in [1.29, 1.82) is 0 Å². The molecule has 0 amide bonds. The van der Waals surface area contributed by atoms with E-state index < -0.39 is 0 Å². The molecule has 0 radical (unpaired) electrons. The largest absolute Gasteiger partial charge is 0.372 e. The molecule has 128 valence electrons. The van der Waals surface area contributed by atoms with Crippen molar-refractivity contribution in [2.24, 2.45) is 0 Å². The number of piperidine rings is 1. The molecule has 3 aliphatic heterocycles. The van der Waals surface area contributed by atoms with Crippen LogP contribution in [0.25, 0.3) is 11.0 Å². The van der Waals surface area contributed by atoms with Crippen LogP contribution >= 0.6 is 0 Å². The van der Waals surface area contributed by atoms with Gasteiger partial charge >= 0.3 is 0 Å². The van der Waals surface area contributed by atoms with Gasteiger partial charge in [0.1, 0.15) is 5.82 Å². The minimum atomic E-state index is 0.0674. The van der Waals surface area contributed by atoms with Crippen molar-refractivity contribution >= 4 is 11.0 Å². The van der Waals surface area contributed by atoms with Gasteiger partial charge in [0.25, 0.3) is 0 Å². The maximum atomic E-state index is 6.32. The summed E-state index contributed by atoms with van der Waals surface area (Å²) >= 11 is 0. The molecule has 3 atom stereocenters. The van der Waals surface area contributed by atoms with Crippen LogP contribution in [-0.2, 0) is 11.3 Å². The summed E-state index contributed by atoms with van der Waals surface area (Å²) in [5.41, 5.74) is 3.55. The van der Waals surface area contributed by atoms with Gasteiger partial charge in [-0.05, 0) is 50.3 Å². The molecule has 1 unspecified atom stereocenters. The van der Waals surface area contributed by atoms with Crippen LogP contribution in [0.2, 0.25) is 0 Å². The molecule has 5 rings (SSSR count). The Morgan fingerprint density at radius 2 is 2.12 bits per heavy atom. The lowest BCUT2D eigenvalue weighted by Crippen LogP contribution is -2.58. The molecule has 3 fully saturated rings. The minimum Gasteiger partial charge on any atom is -0.372 e. The molecule has 2 bridgehead atoms. The van der Waals surface area contributed by atoms with Crippen LogP contribution in [-0.4, -0.2) is 52.2 Å². The third-order valence-corrected chi connectivity index (χ3v) is 5.96. The van der Waals surface area contributed by atoms with E-state index in [4.69, 9.17) is 9.72 Å². The van der Waals surface area contributed by atoms with Crippen molar-refractivity contribution in [2.45, 2.75) is 56.8 Å². The highest BCUT2D eigenvalue weighted by Crippen LogP contribution is 2.38. The Morgan fingerprint density at radius 1 is 1.29 bits per heavy atom. The highest BCUT2D eigenvalue weighted by atomic mass is 16.5. The minimum absolute atomic E-state index is 0.0674. The van der Waals surface area contributed by atoms with Crippen molar-refractivity contribution in [3.63, 3.8) is 0 Å². The number of hydrogen-bond acceptors (Lipinski definition) is 4. The first-order chi connectivity index (χ1) is 11.7. The SMILES string of the molecule is Cc1ccc2nc(CN3CCOC4(C[C@H]5CC[C@@H](C4)N5)C3)[nH]c2c1. The van der Waals surface area contributed by atoms with Crippen LogP contribution in [0.3, 0.4) is 0 Å². The number of aromatic nitrogens is 2. The monoisotopic (exact) mass is 326 g/mol. The van der Waals surface area contributed by atoms with E-state index in [9.17, 15) is 0 Å². The fraction of sp³-hybridized carbons (Fsp3) is 0.632. The van der Waals surface area contributed by atoms with Gasteiger partial charge in [-0.1, -0.05) is 6.07 Å². The number of imidazole rings is 1. The van der Waals surface area contributed by atoms with Crippen LogP contribution in [0.5, 0.6) is 0 Å². The second kappa shape index (κ2) is 5.55. The number of fused-ring (bicyclic) bond motifs is 3. The topological polar surface area (TPSA) is 53.2 Å². The van der Waals surface area contributed by atoms with Crippen molar-refractivity contribution < 1.29 is 4.74 Å². The lowest BCUT2D eigenvalue weighted by molar-refractivity contribution is -0.133. The van der Waals surface area contributed by atoms with Crippen molar-refractivity contribution in [3.05, 3.63) is 29.6 Å². The van der Waals surface area contributed by atoms with E-state index in [2.05, 4.69) is 40.3 Å². The number of hydrogen-bond donors (Lipinski definition) is 2. The molecule has 24 heavy (non-hydrogen) atoms. The predicted molar refractivity (Wildman–Crippen MR) is 94.0 cm³/mol. The summed E-state index contributed by atoms with van der Waals surface area (Å²) in [6.45, 7) is 5.90. The zero-order valence-electron chi connectivity index (χ0n) is 14.3. The van der Waals surface area contributed by atoms with Crippen LogP contribution in [0.4, 0.5) is 0 Å². The van der Waals surface area contributed by atoms with Gasteiger partial charge in [-0.2, -0.15) is 0 Å². The second-order valence-electron chi connectivity index (χ2n) is 7.99. The van der Waals surface area contributed by atoms with Crippen molar-refractivity contribution in [1.82, 2.24) is 20.2 Å². The average molecular weight is 326 g/mol. The number of nitrogens with zero attached hydrogens (tertiary/aromatic N) is 2. The van der Waals surface area contributed by atoms with Crippen LogP contribution < -0.4 is 5.32 Å². The molecular weight excluding hydrogens is 300 g/mol. The van der Waals surface area contributed by atoms with E-state index in [1.165, 1.54) is 31.2 Å². The number of aryl methyl sites for hydroxylation is 1. The molecule has 4 heterocycles. The Bertz CT molecular complexity index is 743. The maximum absolute atomic E-state index is 6.32. The normalized spacial score (nSPS) is 33.5. The molecule has 0 aliphatic carbocycles. The highest BCUT2D eigenvalue weighted by Gasteiger charge is 2.46. The number of benzene rings is 1. The number of H-pyrrole nitrogens is 1. The molecular formula is C19H26N4O. The molecule has 2 aromatic rings. The van der Waals surface area contributed by atoms with Gasteiger partial charge in [0.05, 0.1) is 29.8 Å². The molecule has 0 saturated carbocycles. The van der Waals surface area contributed by atoms with E-state index in [0.29, 0.717) is 12.1 Å². The Labute approximate surface area is 142 Å². The van der Waals surface area contributed by atoms with Crippen molar-refractivity contribution in [3.8, 4) is 0 Å². The Balaban J connectivity index is 1.33. The predicted octanol–water partition coefficient (Wildman–Crippen LogP) is 2.36. The van der Waals surface area contributed by atoms with E-state index in [0.717, 1.165) is 43.1 Å². The number of morpholine rings is 1. The first-order valence-electron chi connectivity index (χ1n) is 9.25. The zero-order valence-corrected chi connectivity index (χ0v) is 14.3. The second-order valence-corrected chi connectivity index (χ2v) is 7.99. The van der Waals surface area contributed by atoms with E-state index in [-0.39, 0.29) is 5.60 Å². The third-order valence-electron chi connectivity index (χ3n) is 5.96.